The molecule has 6 aromatic heterocycles. The van der Waals surface area contributed by atoms with E-state index in [2.05, 4.69) is 328 Å². The van der Waals surface area contributed by atoms with Gasteiger partial charge in [-0.25, -0.2) is 0 Å². The molecular formula is C92H92N8. The lowest BCUT2D eigenvalue weighted by Gasteiger charge is -2.23. The molecule has 8 aromatic carbocycles. The smallest absolute Gasteiger partial charge is 0.0837 e. The zero-order chi connectivity index (χ0) is 68.4. The van der Waals surface area contributed by atoms with Crippen molar-refractivity contribution in [2.45, 2.75) is 142 Å². The van der Waals surface area contributed by atoms with E-state index in [1.54, 1.807) is 0 Å². The lowest BCUT2D eigenvalue weighted by molar-refractivity contribution is 0.800. The van der Waals surface area contributed by atoms with Gasteiger partial charge in [0.1, 0.15) is 0 Å². The highest BCUT2D eigenvalue weighted by Gasteiger charge is 2.41. The fourth-order valence-electron chi connectivity index (χ4n) is 17.8. The molecule has 6 atom stereocenters. The third-order valence-corrected chi connectivity index (χ3v) is 22.0. The van der Waals surface area contributed by atoms with Crippen LogP contribution in [0.3, 0.4) is 0 Å². The quantitative estimate of drug-likeness (QED) is 0.0578. The molecule has 1 aliphatic heterocycles. The average molecular weight is 1310 g/mol. The number of fused-ring (bicyclic) bond motifs is 12. The maximum atomic E-state index is 5.81. The van der Waals surface area contributed by atoms with Gasteiger partial charge in [0.15, 0.2) is 0 Å². The van der Waals surface area contributed by atoms with Crippen LogP contribution >= 0.6 is 0 Å². The minimum absolute atomic E-state index is 0.203. The summed E-state index contributed by atoms with van der Waals surface area (Å²) >= 11 is 0. The Morgan fingerprint density at radius 3 is 0.580 bits per heavy atom. The van der Waals surface area contributed by atoms with Gasteiger partial charge in [0.2, 0.25) is 0 Å². The van der Waals surface area contributed by atoms with Gasteiger partial charge < -0.3 is 19.9 Å². The first-order valence-electron chi connectivity index (χ1n) is 36.9. The van der Waals surface area contributed by atoms with Crippen LogP contribution < -0.4 is 0 Å². The topological polar surface area (TPSA) is 121 Å². The predicted molar refractivity (Wildman–Crippen MR) is 411 cm³/mol. The molecule has 1 aliphatic rings. The minimum atomic E-state index is -0.307. The minimum Gasteiger partial charge on any atom is -0.360 e. The van der Waals surface area contributed by atoms with Crippen LogP contribution in [-0.2, 0) is 51.4 Å². The zero-order valence-corrected chi connectivity index (χ0v) is 59.1. The third kappa shape index (κ3) is 11.4. The Kier molecular flexibility index (Phi) is 18.7. The summed E-state index contributed by atoms with van der Waals surface area (Å²) in [6.45, 7) is 18.8. The molecule has 8 heteroatoms. The van der Waals surface area contributed by atoms with Crippen LogP contribution in [-0.4, -0.2) is 40.3 Å². The van der Waals surface area contributed by atoms with E-state index >= 15 is 0 Å². The van der Waals surface area contributed by atoms with E-state index in [9.17, 15) is 0 Å². The van der Waals surface area contributed by atoms with Crippen molar-refractivity contribution in [3.05, 3.63) is 389 Å². The van der Waals surface area contributed by atoms with Crippen molar-refractivity contribution in [2.75, 3.05) is 0 Å². The van der Waals surface area contributed by atoms with Gasteiger partial charge in [-0.15, -0.1) is 0 Å². The molecule has 6 N–H and O–H groups in total. The van der Waals surface area contributed by atoms with Crippen LogP contribution in [0.4, 0.5) is 0 Å². The SMILES string of the molecule is CCc1c2[nH]c(c1CC)C(c1ccccc1)c1[nH]c(c(CC)c1CC)C(c1ccccc1)c1[nH]nc(c1-c1ccccc1)C(c1ccccc1)c1[nH]c(c(CC)c1CC)C(c1ccccc1)c1[nH]c(c(CC)c1CC)C(c1ccccc1)c1[nH]nc(c1-c1ccccc1)C2c1ccccc1. The number of nitrogens with zero attached hydrogens (tertiary/aromatic N) is 2. The number of H-pyrrole nitrogens is 6. The summed E-state index contributed by atoms with van der Waals surface area (Å²) in [6, 6.07) is 89.6. The van der Waals surface area contributed by atoms with E-state index in [0.717, 1.165) is 96.4 Å². The molecule has 7 heterocycles. The lowest BCUT2D eigenvalue weighted by atomic mass is 9.80. The molecule has 0 aliphatic carbocycles. The first kappa shape index (κ1) is 65.2. The van der Waals surface area contributed by atoms with Crippen molar-refractivity contribution >= 4 is 0 Å². The highest BCUT2D eigenvalue weighted by molar-refractivity contribution is 5.76. The summed E-state index contributed by atoms with van der Waals surface area (Å²) in [7, 11) is 0. The van der Waals surface area contributed by atoms with E-state index in [1.807, 2.05) is 0 Å². The van der Waals surface area contributed by atoms with Crippen molar-refractivity contribution in [3.8, 4) is 22.3 Å². The second-order valence-electron chi connectivity index (χ2n) is 27.1. The molecule has 0 spiro atoms. The predicted octanol–water partition coefficient (Wildman–Crippen LogP) is 21.7. The van der Waals surface area contributed by atoms with Crippen LogP contribution in [0.25, 0.3) is 22.3 Å². The van der Waals surface area contributed by atoms with Crippen LogP contribution in [0.15, 0.2) is 243 Å². The Bertz CT molecular complexity index is 4490. The normalized spacial score (nSPS) is 16.9. The van der Waals surface area contributed by atoms with Crippen molar-refractivity contribution in [2.24, 2.45) is 0 Å². The van der Waals surface area contributed by atoms with Crippen LogP contribution in [0.1, 0.15) is 237 Å². The maximum Gasteiger partial charge on any atom is 0.0837 e. The van der Waals surface area contributed by atoms with E-state index in [1.165, 1.54) is 123 Å². The number of benzene rings is 8. The van der Waals surface area contributed by atoms with Crippen LogP contribution in [0.2, 0.25) is 0 Å². The van der Waals surface area contributed by atoms with Gasteiger partial charge in [-0.1, -0.05) is 298 Å². The van der Waals surface area contributed by atoms with Crippen molar-refractivity contribution in [1.82, 2.24) is 40.3 Å². The molecule has 14 aromatic rings. The summed E-state index contributed by atoms with van der Waals surface area (Å²) in [6.07, 6.45) is 6.61. The molecule has 0 amide bonds. The fourth-order valence-corrected chi connectivity index (χ4v) is 17.8. The van der Waals surface area contributed by atoms with E-state index in [-0.39, 0.29) is 35.5 Å². The van der Waals surface area contributed by atoms with Gasteiger partial charge >= 0.3 is 0 Å². The maximum absolute atomic E-state index is 5.81. The zero-order valence-electron chi connectivity index (χ0n) is 59.1. The Morgan fingerprint density at radius 2 is 0.380 bits per heavy atom. The molecule has 0 fully saturated rings. The Morgan fingerprint density at radius 1 is 0.210 bits per heavy atom. The first-order valence-corrected chi connectivity index (χ1v) is 36.9. The molecule has 15 rings (SSSR count). The number of aromatic nitrogens is 8. The lowest BCUT2D eigenvalue weighted by Crippen LogP contribution is -2.12. The Balaban J connectivity index is 1.13. The molecule has 500 valence electrons. The molecule has 8 nitrogen and oxygen atoms in total. The summed E-state index contributed by atoms with van der Waals surface area (Å²) in [5.74, 6) is -1.58. The van der Waals surface area contributed by atoms with Crippen molar-refractivity contribution < 1.29 is 0 Å². The number of rotatable bonds is 16. The number of hydrogen-bond donors (Lipinski definition) is 6. The summed E-state index contributed by atoms with van der Waals surface area (Å²) in [4.78, 5) is 17.9. The number of nitrogens with one attached hydrogen (secondary N) is 6. The molecule has 100 heavy (non-hydrogen) atoms. The van der Waals surface area contributed by atoms with Crippen molar-refractivity contribution in [3.63, 3.8) is 0 Å². The molecule has 6 unspecified atom stereocenters. The Labute approximate surface area is 590 Å². The number of hydrogen-bond acceptors (Lipinski definition) is 2. The summed E-state index contributed by atoms with van der Waals surface area (Å²) in [5.41, 5.74) is 36.1. The van der Waals surface area contributed by atoms with Gasteiger partial charge in [-0.2, -0.15) is 10.2 Å². The largest absolute Gasteiger partial charge is 0.360 e. The van der Waals surface area contributed by atoms with Crippen molar-refractivity contribution in [1.29, 1.82) is 0 Å². The summed E-state index contributed by atoms with van der Waals surface area (Å²) in [5, 5.41) is 19.6. The van der Waals surface area contributed by atoms with E-state index in [4.69, 9.17) is 10.2 Å². The summed E-state index contributed by atoms with van der Waals surface area (Å²) < 4.78 is 0. The van der Waals surface area contributed by atoms with Gasteiger partial charge in [0.05, 0.1) is 58.3 Å². The Hall–Kier alpha value is -10.7. The van der Waals surface area contributed by atoms with Gasteiger partial charge in [-0.3, -0.25) is 10.2 Å². The average Bonchev–Trinajstić information content (AvgIpc) is 1.57. The first-order chi connectivity index (χ1) is 49.4. The number of aromatic amines is 6. The van der Waals surface area contributed by atoms with Crippen LogP contribution in [0, 0.1) is 0 Å². The molecule has 12 bridgehead atoms. The fraction of sp³-hybridized carbons (Fsp3) is 0.239. The molecule has 0 radical (unpaired) electrons. The molecule has 0 saturated carbocycles. The third-order valence-electron chi connectivity index (χ3n) is 22.0. The van der Waals surface area contributed by atoms with Gasteiger partial charge in [-0.05, 0) is 140 Å². The van der Waals surface area contributed by atoms with Gasteiger partial charge in [0.25, 0.3) is 0 Å². The standard InChI is InChI=1S/C92H92N8/c1-9-65-69(13-5)85-75(59-45-29-19-30-46-59)89-79(63-53-37-23-38-54-63)90(98-97-89)77(61-49-33-21-34-50-61)87-71(15-7)67(11-3)83(95-87)74(58-43-27-18-28-44-58)84-68(12-4)72(16-8)88(96-84)78(62-51-35-22-36-52-62)92-80(64-55-39-24-40-56-64)91(99-100-92)76(60-47-31-20-32-48-60)86-70(14-6)66(10-2)82(94-86)73(81(65)93-85)57-41-25-17-26-42-57/h17-56,73-78,93-96H,9-16H2,1-8H3,(H,97,98)(H,99,100). The monoisotopic (exact) mass is 1310 g/mol. The highest BCUT2D eigenvalue weighted by atomic mass is 15.1. The van der Waals surface area contributed by atoms with Crippen LogP contribution in [0.5, 0.6) is 0 Å². The highest BCUT2D eigenvalue weighted by Crippen LogP contribution is 2.52. The second kappa shape index (κ2) is 28.6. The van der Waals surface area contributed by atoms with E-state index < -0.39 is 0 Å². The molecular weight excluding hydrogens is 1220 g/mol. The van der Waals surface area contributed by atoms with Gasteiger partial charge in [0, 0.05) is 56.7 Å². The van der Waals surface area contributed by atoms with E-state index in [0.29, 0.717) is 0 Å². The molecule has 0 saturated heterocycles. The second-order valence-corrected chi connectivity index (χ2v) is 27.1.